The van der Waals surface area contributed by atoms with E-state index in [1.54, 1.807) is 12.1 Å². The van der Waals surface area contributed by atoms with E-state index in [0.717, 1.165) is 53.0 Å². The summed E-state index contributed by atoms with van der Waals surface area (Å²) in [6, 6.07) is 12.5. The van der Waals surface area contributed by atoms with Crippen molar-refractivity contribution >= 4 is 27.3 Å². The average Bonchev–Trinajstić information content (AvgIpc) is 3.28. The van der Waals surface area contributed by atoms with Gasteiger partial charge in [0.15, 0.2) is 11.5 Å². The highest BCUT2D eigenvalue weighted by Gasteiger charge is 2.32. The van der Waals surface area contributed by atoms with Crippen molar-refractivity contribution in [3.05, 3.63) is 58.7 Å². The first kappa shape index (κ1) is 17.5. The maximum Gasteiger partial charge on any atom is 0.264 e. The van der Waals surface area contributed by atoms with Crippen LogP contribution in [0.25, 0.3) is 10.1 Å². The Bertz CT molecular complexity index is 1050. The van der Waals surface area contributed by atoms with Crippen LogP contribution in [0.2, 0.25) is 0 Å². The molecule has 1 saturated heterocycles. The summed E-state index contributed by atoms with van der Waals surface area (Å²) in [6.45, 7) is 2.02. The molecular formula is C22H20FNO3S. The van der Waals surface area contributed by atoms with Crippen LogP contribution in [-0.2, 0) is 0 Å². The van der Waals surface area contributed by atoms with Crippen LogP contribution >= 0.6 is 11.3 Å². The highest BCUT2D eigenvalue weighted by atomic mass is 32.1. The molecule has 2 aliphatic heterocycles. The van der Waals surface area contributed by atoms with Crippen LogP contribution in [0.1, 0.15) is 40.5 Å². The van der Waals surface area contributed by atoms with E-state index in [0.29, 0.717) is 18.1 Å². The van der Waals surface area contributed by atoms with Gasteiger partial charge < -0.3 is 14.4 Å². The molecule has 28 heavy (non-hydrogen) atoms. The van der Waals surface area contributed by atoms with Gasteiger partial charge in [0.25, 0.3) is 5.91 Å². The minimum Gasteiger partial charge on any atom is -0.490 e. The predicted octanol–water partition coefficient (Wildman–Crippen LogP) is 5.18. The van der Waals surface area contributed by atoms with E-state index >= 15 is 0 Å². The van der Waals surface area contributed by atoms with E-state index in [-0.39, 0.29) is 17.8 Å². The summed E-state index contributed by atoms with van der Waals surface area (Å²) in [7, 11) is 0. The molecule has 0 bridgehead atoms. The third kappa shape index (κ3) is 3.11. The van der Waals surface area contributed by atoms with Crippen LogP contribution in [0.5, 0.6) is 11.5 Å². The maximum atomic E-state index is 13.5. The van der Waals surface area contributed by atoms with Crippen LogP contribution in [0.3, 0.4) is 0 Å². The van der Waals surface area contributed by atoms with Gasteiger partial charge in [0.05, 0.1) is 24.1 Å². The number of hydrogen-bond donors (Lipinski definition) is 0. The van der Waals surface area contributed by atoms with Gasteiger partial charge >= 0.3 is 0 Å². The molecule has 1 fully saturated rings. The molecule has 0 radical (unpaired) electrons. The lowest BCUT2D eigenvalue weighted by Gasteiger charge is -2.25. The zero-order valence-corrected chi connectivity index (χ0v) is 16.1. The smallest absolute Gasteiger partial charge is 0.264 e. The van der Waals surface area contributed by atoms with Gasteiger partial charge in [-0.3, -0.25) is 4.79 Å². The zero-order chi connectivity index (χ0) is 19.1. The number of carbonyl (C=O) groups is 1. The second kappa shape index (κ2) is 7.09. The third-order valence-electron chi connectivity index (χ3n) is 5.36. The van der Waals surface area contributed by atoms with Crippen molar-refractivity contribution in [2.75, 3.05) is 19.8 Å². The molecule has 1 aromatic heterocycles. The first-order valence-corrected chi connectivity index (χ1v) is 10.4. The van der Waals surface area contributed by atoms with E-state index in [2.05, 4.69) is 0 Å². The molecule has 144 valence electrons. The maximum absolute atomic E-state index is 13.5. The standard InChI is InChI=1S/C22H20FNO3S/c23-16-5-7-20-15(11-16)13-21(28-20)22(25)24-8-1-3-17(24)14-4-6-18-19(12-14)27-10-2-9-26-18/h4-7,11-13,17H,1-3,8-10H2. The number of carbonyl (C=O) groups excluding carboxylic acids is 1. The molecule has 0 N–H and O–H groups in total. The van der Waals surface area contributed by atoms with Gasteiger partial charge in [-0.2, -0.15) is 0 Å². The van der Waals surface area contributed by atoms with Crippen molar-refractivity contribution in [1.82, 2.24) is 4.90 Å². The van der Waals surface area contributed by atoms with Crippen LogP contribution in [0.4, 0.5) is 4.39 Å². The Balaban J connectivity index is 1.44. The van der Waals surface area contributed by atoms with Crippen molar-refractivity contribution in [3.8, 4) is 11.5 Å². The number of hydrogen-bond acceptors (Lipinski definition) is 4. The molecule has 4 nitrogen and oxygen atoms in total. The summed E-state index contributed by atoms with van der Waals surface area (Å²) in [4.78, 5) is 15.8. The fraction of sp³-hybridized carbons (Fsp3) is 0.318. The average molecular weight is 397 g/mol. The number of nitrogens with zero attached hydrogens (tertiary/aromatic N) is 1. The van der Waals surface area contributed by atoms with Gasteiger partial charge in [-0.25, -0.2) is 4.39 Å². The molecule has 0 spiro atoms. The Morgan fingerprint density at radius 1 is 1.04 bits per heavy atom. The van der Waals surface area contributed by atoms with Gasteiger partial charge in [-0.1, -0.05) is 6.07 Å². The van der Waals surface area contributed by atoms with Gasteiger partial charge in [0.2, 0.25) is 0 Å². The van der Waals surface area contributed by atoms with E-state index in [1.165, 1.54) is 23.5 Å². The molecular weight excluding hydrogens is 377 g/mol. The SMILES string of the molecule is O=C(c1cc2cc(F)ccc2s1)N1CCCC1c1ccc2c(c1)OCCCO2. The number of benzene rings is 2. The predicted molar refractivity (Wildman–Crippen MR) is 107 cm³/mol. The van der Waals surface area contributed by atoms with E-state index in [4.69, 9.17) is 9.47 Å². The van der Waals surface area contributed by atoms with E-state index < -0.39 is 0 Å². The minimum absolute atomic E-state index is 0.0104. The molecule has 2 aliphatic rings. The Morgan fingerprint density at radius 2 is 1.89 bits per heavy atom. The molecule has 1 atom stereocenters. The lowest BCUT2D eigenvalue weighted by Crippen LogP contribution is -2.29. The lowest BCUT2D eigenvalue weighted by molar-refractivity contribution is 0.0740. The molecule has 5 rings (SSSR count). The normalized spacial score (nSPS) is 19.0. The summed E-state index contributed by atoms with van der Waals surface area (Å²) in [6.07, 6.45) is 2.75. The number of ether oxygens (including phenoxy) is 2. The van der Waals surface area contributed by atoms with Crippen molar-refractivity contribution in [2.45, 2.75) is 25.3 Å². The number of rotatable bonds is 2. The largest absolute Gasteiger partial charge is 0.490 e. The molecule has 6 heteroatoms. The second-order valence-electron chi connectivity index (χ2n) is 7.21. The second-order valence-corrected chi connectivity index (χ2v) is 8.29. The Hall–Kier alpha value is -2.60. The highest BCUT2D eigenvalue weighted by Crippen LogP contribution is 2.39. The Kier molecular flexibility index (Phi) is 4.43. The molecule has 0 aliphatic carbocycles. The van der Waals surface area contributed by atoms with Crippen molar-refractivity contribution in [2.24, 2.45) is 0 Å². The lowest BCUT2D eigenvalue weighted by atomic mass is 10.0. The summed E-state index contributed by atoms with van der Waals surface area (Å²) in [5.74, 6) is 1.25. The summed E-state index contributed by atoms with van der Waals surface area (Å²) in [5.41, 5.74) is 1.07. The highest BCUT2D eigenvalue weighted by molar-refractivity contribution is 7.20. The van der Waals surface area contributed by atoms with E-state index in [9.17, 15) is 9.18 Å². The quantitative estimate of drug-likeness (QED) is 0.598. The number of amides is 1. The van der Waals surface area contributed by atoms with Gasteiger partial charge in [0.1, 0.15) is 5.82 Å². The molecule has 3 aromatic rings. The van der Waals surface area contributed by atoms with Crippen LogP contribution < -0.4 is 9.47 Å². The monoisotopic (exact) mass is 397 g/mol. The van der Waals surface area contributed by atoms with Crippen LogP contribution in [0, 0.1) is 5.82 Å². The topological polar surface area (TPSA) is 38.8 Å². The third-order valence-corrected chi connectivity index (χ3v) is 6.46. The molecule has 3 heterocycles. The van der Waals surface area contributed by atoms with Crippen molar-refractivity contribution in [3.63, 3.8) is 0 Å². The van der Waals surface area contributed by atoms with Gasteiger partial charge in [-0.15, -0.1) is 11.3 Å². The first-order valence-electron chi connectivity index (χ1n) is 9.59. The van der Waals surface area contributed by atoms with Crippen molar-refractivity contribution < 1.29 is 18.7 Å². The van der Waals surface area contributed by atoms with E-state index in [1.807, 2.05) is 23.1 Å². The molecule has 1 unspecified atom stereocenters. The summed E-state index contributed by atoms with van der Waals surface area (Å²) < 4.78 is 25.9. The number of fused-ring (bicyclic) bond motifs is 2. The molecule has 1 amide bonds. The number of thiophene rings is 1. The number of likely N-dealkylation sites (tertiary alicyclic amines) is 1. The first-order chi connectivity index (χ1) is 13.7. The Morgan fingerprint density at radius 3 is 2.79 bits per heavy atom. The Labute approximate surface area is 166 Å². The van der Waals surface area contributed by atoms with Gasteiger partial charge in [-0.05, 0) is 60.2 Å². The summed E-state index contributed by atoms with van der Waals surface area (Å²) >= 11 is 1.42. The molecule has 2 aromatic carbocycles. The number of halogens is 1. The molecule has 0 saturated carbocycles. The zero-order valence-electron chi connectivity index (χ0n) is 15.3. The fourth-order valence-electron chi connectivity index (χ4n) is 4.00. The van der Waals surface area contributed by atoms with Crippen LogP contribution in [-0.4, -0.2) is 30.6 Å². The van der Waals surface area contributed by atoms with Crippen LogP contribution in [0.15, 0.2) is 42.5 Å². The van der Waals surface area contributed by atoms with Crippen molar-refractivity contribution in [1.29, 1.82) is 0 Å². The van der Waals surface area contributed by atoms with Gasteiger partial charge in [0, 0.05) is 17.7 Å². The fourth-order valence-corrected chi connectivity index (χ4v) is 5.00. The minimum atomic E-state index is -0.282. The summed E-state index contributed by atoms with van der Waals surface area (Å²) in [5, 5.41) is 0.777.